The minimum absolute atomic E-state index is 0.301. The van der Waals surface area contributed by atoms with E-state index in [9.17, 15) is 35.4 Å². The first-order valence-electron chi connectivity index (χ1n) is 23.5. The summed E-state index contributed by atoms with van der Waals surface area (Å²) in [5, 5.41) is 64.6. The molecule has 1 aliphatic heterocycles. The fraction of sp³-hybridized carbons (Fsp3) is 0.935. The standard InChI is InChI=1S/C46H89NO9/c1-3-5-7-9-11-13-15-17-18-19-20-21-23-25-27-29-31-33-35-40(50)45(54)47-38(37-55-46-44(53)43(52)42(51)41(36-48)56-46)39(49)34-32-30-28-26-24-22-16-14-12-10-8-6-4-2/h32,34,38-44,46,48-53H,3-31,33,35-37H2,1-2H3,(H,47,54). The van der Waals surface area contributed by atoms with Crippen molar-refractivity contribution in [3.05, 3.63) is 12.2 Å². The number of amides is 1. The van der Waals surface area contributed by atoms with Crippen LogP contribution in [-0.2, 0) is 14.3 Å². The highest BCUT2D eigenvalue weighted by atomic mass is 16.7. The summed E-state index contributed by atoms with van der Waals surface area (Å²) in [5.74, 6) is -0.614. The molecule has 7 N–H and O–H groups in total. The lowest BCUT2D eigenvalue weighted by Gasteiger charge is -2.40. The molecule has 0 aromatic heterocycles. The number of carbonyl (C=O) groups is 1. The predicted molar refractivity (Wildman–Crippen MR) is 227 cm³/mol. The van der Waals surface area contributed by atoms with Gasteiger partial charge in [0.2, 0.25) is 5.91 Å². The average molecular weight is 800 g/mol. The molecule has 56 heavy (non-hydrogen) atoms. The molecule has 0 aromatic rings. The molecule has 10 nitrogen and oxygen atoms in total. The van der Waals surface area contributed by atoms with E-state index in [0.717, 1.165) is 44.9 Å². The summed E-state index contributed by atoms with van der Waals surface area (Å²) in [7, 11) is 0. The normalized spacial score (nSPS) is 21.8. The zero-order chi connectivity index (χ0) is 41.1. The third kappa shape index (κ3) is 26.8. The van der Waals surface area contributed by atoms with E-state index in [1.807, 2.05) is 6.08 Å². The maximum atomic E-state index is 13.0. The molecule has 1 rings (SSSR count). The van der Waals surface area contributed by atoms with Crippen LogP contribution in [0.4, 0.5) is 0 Å². The maximum Gasteiger partial charge on any atom is 0.249 e. The van der Waals surface area contributed by atoms with Crippen molar-refractivity contribution < 1.29 is 44.9 Å². The summed E-state index contributed by atoms with van der Waals surface area (Å²) in [6, 6.07) is -0.974. The quantitative estimate of drug-likeness (QED) is 0.0238. The van der Waals surface area contributed by atoms with Crippen molar-refractivity contribution in [3.63, 3.8) is 0 Å². The molecule has 0 aromatic carbocycles. The van der Waals surface area contributed by atoms with E-state index < -0.39 is 61.5 Å². The van der Waals surface area contributed by atoms with Crippen LogP contribution in [0.2, 0.25) is 0 Å². The van der Waals surface area contributed by atoms with Crippen molar-refractivity contribution in [2.75, 3.05) is 13.2 Å². The zero-order valence-corrected chi connectivity index (χ0v) is 36.0. The van der Waals surface area contributed by atoms with Crippen LogP contribution in [0.15, 0.2) is 12.2 Å². The summed E-state index contributed by atoms with van der Waals surface area (Å²) in [6.07, 6.45) is 31.5. The van der Waals surface area contributed by atoms with E-state index in [1.54, 1.807) is 6.08 Å². The largest absolute Gasteiger partial charge is 0.394 e. The van der Waals surface area contributed by atoms with E-state index in [1.165, 1.54) is 148 Å². The maximum absolute atomic E-state index is 13.0. The van der Waals surface area contributed by atoms with Crippen LogP contribution in [0.25, 0.3) is 0 Å². The Morgan fingerprint density at radius 2 is 1.02 bits per heavy atom. The summed E-state index contributed by atoms with van der Waals surface area (Å²) in [4.78, 5) is 13.0. The summed E-state index contributed by atoms with van der Waals surface area (Å²) in [5.41, 5.74) is 0. The highest BCUT2D eigenvalue weighted by Crippen LogP contribution is 2.23. The van der Waals surface area contributed by atoms with Crippen molar-refractivity contribution in [2.24, 2.45) is 0 Å². The fourth-order valence-electron chi connectivity index (χ4n) is 7.57. The van der Waals surface area contributed by atoms with Gasteiger partial charge in [0.05, 0.1) is 25.4 Å². The Morgan fingerprint density at radius 1 is 0.607 bits per heavy atom. The highest BCUT2D eigenvalue weighted by molar-refractivity contribution is 5.80. The van der Waals surface area contributed by atoms with Gasteiger partial charge in [-0.1, -0.05) is 206 Å². The molecular formula is C46H89NO9. The highest BCUT2D eigenvalue weighted by Gasteiger charge is 2.44. The first kappa shape index (κ1) is 52.9. The van der Waals surface area contributed by atoms with Crippen LogP contribution in [-0.4, -0.2) is 98.7 Å². The number of allylic oxidation sites excluding steroid dienone is 1. The molecule has 0 bridgehead atoms. The summed E-state index contributed by atoms with van der Waals surface area (Å²) < 4.78 is 11.1. The fourth-order valence-corrected chi connectivity index (χ4v) is 7.57. The van der Waals surface area contributed by atoms with Gasteiger partial charge in [-0.3, -0.25) is 4.79 Å². The van der Waals surface area contributed by atoms with Crippen LogP contribution in [0.1, 0.15) is 213 Å². The number of rotatable bonds is 39. The van der Waals surface area contributed by atoms with Crippen molar-refractivity contribution in [1.82, 2.24) is 5.32 Å². The summed E-state index contributed by atoms with van der Waals surface area (Å²) >= 11 is 0. The second kappa shape index (κ2) is 36.9. The van der Waals surface area contributed by atoms with Crippen molar-refractivity contribution in [3.8, 4) is 0 Å². The molecule has 332 valence electrons. The SMILES string of the molecule is CCCCCCCCCCCCCC=CC(O)C(COC1OC(CO)C(O)C(O)C1O)NC(=O)C(O)CCCCCCCCCCCCCCCCCCCC. The van der Waals surface area contributed by atoms with Gasteiger partial charge in [-0.05, 0) is 19.3 Å². The topological polar surface area (TPSA) is 169 Å². The minimum Gasteiger partial charge on any atom is -0.394 e. The van der Waals surface area contributed by atoms with E-state index in [-0.39, 0.29) is 6.61 Å². The van der Waals surface area contributed by atoms with Gasteiger partial charge >= 0.3 is 0 Å². The molecule has 0 saturated carbocycles. The number of hydrogen-bond donors (Lipinski definition) is 7. The monoisotopic (exact) mass is 800 g/mol. The van der Waals surface area contributed by atoms with Gasteiger partial charge in [-0.2, -0.15) is 0 Å². The predicted octanol–water partition coefficient (Wildman–Crippen LogP) is 8.70. The van der Waals surface area contributed by atoms with Gasteiger partial charge in [0, 0.05) is 0 Å². The van der Waals surface area contributed by atoms with Gasteiger partial charge < -0.3 is 45.4 Å². The Bertz CT molecular complexity index is 906. The number of aliphatic hydroxyl groups is 6. The Balaban J connectivity index is 2.38. The molecule has 1 aliphatic rings. The molecule has 0 radical (unpaired) electrons. The Hall–Kier alpha value is -1.11. The molecule has 1 fully saturated rings. The van der Waals surface area contributed by atoms with E-state index in [0.29, 0.717) is 6.42 Å². The van der Waals surface area contributed by atoms with Crippen LogP contribution in [0, 0.1) is 0 Å². The average Bonchev–Trinajstić information content (AvgIpc) is 3.20. The summed E-state index contributed by atoms with van der Waals surface area (Å²) in [6.45, 7) is 3.61. The first-order chi connectivity index (χ1) is 27.3. The lowest BCUT2D eigenvalue weighted by molar-refractivity contribution is -0.302. The first-order valence-corrected chi connectivity index (χ1v) is 23.5. The second-order valence-corrected chi connectivity index (χ2v) is 16.7. The van der Waals surface area contributed by atoms with Crippen LogP contribution < -0.4 is 5.32 Å². The van der Waals surface area contributed by atoms with E-state index in [2.05, 4.69) is 19.2 Å². The molecule has 1 heterocycles. The lowest BCUT2D eigenvalue weighted by atomic mass is 9.99. The molecule has 1 saturated heterocycles. The van der Waals surface area contributed by atoms with Gasteiger partial charge in [0.25, 0.3) is 0 Å². The Morgan fingerprint density at radius 3 is 1.45 bits per heavy atom. The molecular weight excluding hydrogens is 711 g/mol. The molecule has 10 heteroatoms. The molecule has 8 atom stereocenters. The number of carbonyl (C=O) groups excluding carboxylic acids is 1. The van der Waals surface area contributed by atoms with Crippen molar-refractivity contribution in [2.45, 2.75) is 262 Å². The molecule has 0 aliphatic carbocycles. The number of unbranched alkanes of at least 4 members (excludes halogenated alkanes) is 28. The van der Waals surface area contributed by atoms with Gasteiger partial charge in [-0.15, -0.1) is 0 Å². The van der Waals surface area contributed by atoms with Crippen molar-refractivity contribution >= 4 is 5.91 Å². The van der Waals surface area contributed by atoms with E-state index >= 15 is 0 Å². The van der Waals surface area contributed by atoms with Crippen LogP contribution >= 0.6 is 0 Å². The third-order valence-corrected chi connectivity index (χ3v) is 11.5. The minimum atomic E-state index is -1.61. The number of hydrogen-bond acceptors (Lipinski definition) is 9. The van der Waals surface area contributed by atoms with Gasteiger partial charge in [-0.25, -0.2) is 0 Å². The molecule has 1 amide bonds. The molecule has 8 unspecified atom stereocenters. The second-order valence-electron chi connectivity index (χ2n) is 16.7. The third-order valence-electron chi connectivity index (χ3n) is 11.5. The Kier molecular flexibility index (Phi) is 34.9. The van der Waals surface area contributed by atoms with Gasteiger partial charge in [0.15, 0.2) is 6.29 Å². The smallest absolute Gasteiger partial charge is 0.249 e. The molecule has 0 spiro atoms. The van der Waals surface area contributed by atoms with Crippen LogP contribution in [0.5, 0.6) is 0 Å². The Labute approximate surface area is 342 Å². The zero-order valence-electron chi connectivity index (χ0n) is 36.0. The number of aliphatic hydroxyl groups excluding tert-OH is 6. The van der Waals surface area contributed by atoms with Crippen molar-refractivity contribution in [1.29, 1.82) is 0 Å². The van der Waals surface area contributed by atoms with Crippen LogP contribution in [0.3, 0.4) is 0 Å². The lowest BCUT2D eigenvalue weighted by Crippen LogP contribution is -2.60. The van der Waals surface area contributed by atoms with E-state index in [4.69, 9.17) is 9.47 Å². The number of nitrogens with one attached hydrogen (secondary N) is 1. The number of ether oxygens (including phenoxy) is 2. The van der Waals surface area contributed by atoms with Gasteiger partial charge in [0.1, 0.15) is 30.5 Å².